The van der Waals surface area contributed by atoms with Crippen molar-refractivity contribution in [1.29, 1.82) is 0 Å². The normalized spacial score (nSPS) is 12.7. The number of rotatable bonds is 6. The summed E-state index contributed by atoms with van der Waals surface area (Å²) in [5, 5.41) is 5.76. The Morgan fingerprint density at radius 2 is 1.41 bits per heavy atom. The summed E-state index contributed by atoms with van der Waals surface area (Å²) in [6.45, 7) is 0.00806. The number of nitrogens with one attached hydrogen (secondary N) is 2. The summed E-state index contributed by atoms with van der Waals surface area (Å²) in [5.41, 5.74) is 1.05. The van der Waals surface area contributed by atoms with E-state index < -0.39 is 17.7 Å². The van der Waals surface area contributed by atoms with Crippen molar-refractivity contribution in [3.8, 4) is 0 Å². The third kappa shape index (κ3) is 4.15. The van der Waals surface area contributed by atoms with E-state index in [4.69, 9.17) is 11.6 Å². The third-order valence-corrected chi connectivity index (χ3v) is 4.27. The number of nitrogens with zero attached hydrogens (tertiary/aromatic N) is 1. The van der Waals surface area contributed by atoms with Gasteiger partial charge in [0, 0.05) is 23.7 Å². The second kappa shape index (κ2) is 8.01. The minimum Gasteiger partial charge on any atom is -0.353 e. The van der Waals surface area contributed by atoms with E-state index in [0.29, 0.717) is 21.7 Å². The average molecular weight is 386 g/mol. The summed E-state index contributed by atoms with van der Waals surface area (Å²) in [4.78, 5) is 49.2. The fourth-order valence-corrected chi connectivity index (χ4v) is 2.79. The molecule has 0 saturated carbocycles. The number of hydrogen-bond acceptors (Lipinski definition) is 4. The smallest absolute Gasteiger partial charge is 0.262 e. The number of fused-ring (bicyclic) bond motifs is 1. The molecule has 0 aromatic heterocycles. The quantitative estimate of drug-likeness (QED) is 0.581. The molecule has 27 heavy (non-hydrogen) atoms. The SMILES string of the molecule is O=C(CN1C(=O)c2ccccc2C1=O)NCCNC(=O)c1ccc(Cl)cc1. The average Bonchev–Trinajstić information content (AvgIpc) is 2.91. The highest BCUT2D eigenvalue weighted by Crippen LogP contribution is 2.21. The Hall–Kier alpha value is -3.19. The lowest BCUT2D eigenvalue weighted by atomic mass is 10.1. The van der Waals surface area contributed by atoms with Crippen LogP contribution in [0.3, 0.4) is 0 Å². The van der Waals surface area contributed by atoms with Gasteiger partial charge in [0.05, 0.1) is 11.1 Å². The van der Waals surface area contributed by atoms with Crippen molar-refractivity contribution >= 4 is 35.2 Å². The Morgan fingerprint density at radius 1 is 0.852 bits per heavy atom. The van der Waals surface area contributed by atoms with E-state index in [2.05, 4.69) is 10.6 Å². The second-order valence-corrected chi connectivity index (χ2v) is 6.29. The summed E-state index contributed by atoms with van der Waals surface area (Å²) in [6.07, 6.45) is 0. The first-order valence-corrected chi connectivity index (χ1v) is 8.61. The monoisotopic (exact) mass is 385 g/mol. The Kier molecular flexibility index (Phi) is 5.52. The Bertz CT molecular complexity index is 876. The van der Waals surface area contributed by atoms with E-state index in [0.717, 1.165) is 4.90 Å². The molecule has 0 radical (unpaired) electrons. The number of benzene rings is 2. The fraction of sp³-hybridized carbons (Fsp3) is 0.158. The summed E-state index contributed by atoms with van der Waals surface area (Å²) in [6, 6.07) is 12.9. The maximum atomic E-state index is 12.2. The van der Waals surface area contributed by atoms with Gasteiger partial charge in [-0.3, -0.25) is 24.1 Å². The zero-order valence-corrected chi connectivity index (χ0v) is 15.0. The highest BCUT2D eigenvalue weighted by Gasteiger charge is 2.36. The van der Waals surface area contributed by atoms with Crippen LogP contribution in [-0.4, -0.2) is 48.2 Å². The molecule has 2 aromatic rings. The van der Waals surface area contributed by atoms with Gasteiger partial charge in [0.15, 0.2) is 0 Å². The van der Waals surface area contributed by atoms with Gasteiger partial charge in [-0.25, -0.2) is 0 Å². The molecular weight excluding hydrogens is 370 g/mol. The number of halogens is 1. The lowest BCUT2D eigenvalue weighted by Crippen LogP contribution is -2.42. The number of imide groups is 1. The Balaban J connectivity index is 1.44. The molecule has 8 heteroatoms. The number of amides is 4. The van der Waals surface area contributed by atoms with E-state index in [1.165, 1.54) is 0 Å². The van der Waals surface area contributed by atoms with Crippen LogP contribution < -0.4 is 10.6 Å². The molecular formula is C19H16ClN3O4. The van der Waals surface area contributed by atoms with Gasteiger partial charge in [0.1, 0.15) is 6.54 Å². The van der Waals surface area contributed by atoms with Crippen LogP contribution in [-0.2, 0) is 4.79 Å². The topological polar surface area (TPSA) is 95.6 Å². The highest BCUT2D eigenvalue weighted by atomic mass is 35.5. The van der Waals surface area contributed by atoms with Crippen molar-refractivity contribution in [3.05, 3.63) is 70.2 Å². The molecule has 0 atom stereocenters. The molecule has 1 aliphatic rings. The standard InChI is InChI=1S/C19H16ClN3O4/c20-13-7-5-12(6-8-13)17(25)22-10-9-21-16(24)11-23-18(26)14-3-1-2-4-15(14)19(23)27/h1-8H,9-11H2,(H,21,24)(H,22,25). The minimum atomic E-state index is -0.484. The summed E-state index contributed by atoms with van der Waals surface area (Å²) >= 11 is 5.77. The molecule has 1 heterocycles. The van der Waals surface area contributed by atoms with Crippen LogP contribution in [0.2, 0.25) is 5.02 Å². The summed E-state index contributed by atoms with van der Waals surface area (Å²) in [5.74, 6) is -1.74. The number of hydrogen-bond donors (Lipinski definition) is 2. The zero-order chi connectivity index (χ0) is 19.4. The molecule has 2 aromatic carbocycles. The first-order valence-electron chi connectivity index (χ1n) is 8.23. The number of carbonyl (C=O) groups excluding carboxylic acids is 4. The van der Waals surface area contributed by atoms with Crippen LogP contribution in [0.4, 0.5) is 0 Å². The molecule has 138 valence electrons. The van der Waals surface area contributed by atoms with E-state index in [1.807, 2.05) is 0 Å². The molecule has 0 unspecified atom stereocenters. The minimum absolute atomic E-state index is 0.168. The van der Waals surface area contributed by atoms with Gasteiger partial charge in [0.25, 0.3) is 17.7 Å². The van der Waals surface area contributed by atoms with Gasteiger partial charge >= 0.3 is 0 Å². The maximum Gasteiger partial charge on any atom is 0.262 e. The Labute approximate surface area is 160 Å². The predicted molar refractivity (Wildman–Crippen MR) is 98.6 cm³/mol. The maximum absolute atomic E-state index is 12.2. The molecule has 3 rings (SSSR count). The lowest BCUT2D eigenvalue weighted by molar-refractivity contribution is -0.121. The highest BCUT2D eigenvalue weighted by molar-refractivity contribution is 6.30. The first-order chi connectivity index (χ1) is 13.0. The summed E-state index contributed by atoms with van der Waals surface area (Å²) in [7, 11) is 0. The van der Waals surface area contributed by atoms with Gasteiger partial charge in [-0.15, -0.1) is 0 Å². The fourth-order valence-electron chi connectivity index (χ4n) is 2.66. The van der Waals surface area contributed by atoms with E-state index in [1.54, 1.807) is 48.5 Å². The molecule has 0 spiro atoms. The lowest BCUT2D eigenvalue weighted by Gasteiger charge is -2.13. The molecule has 1 aliphatic heterocycles. The van der Waals surface area contributed by atoms with Crippen LogP contribution in [0.1, 0.15) is 31.1 Å². The van der Waals surface area contributed by atoms with Crippen LogP contribution >= 0.6 is 11.6 Å². The van der Waals surface area contributed by atoms with Crippen LogP contribution in [0.15, 0.2) is 48.5 Å². The Morgan fingerprint density at radius 3 is 2.00 bits per heavy atom. The summed E-state index contributed by atoms with van der Waals surface area (Å²) < 4.78 is 0. The van der Waals surface area contributed by atoms with Crippen molar-refractivity contribution in [2.75, 3.05) is 19.6 Å². The second-order valence-electron chi connectivity index (χ2n) is 5.85. The van der Waals surface area contributed by atoms with Gasteiger partial charge in [-0.05, 0) is 36.4 Å². The predicted octanol–water partition coefficient (Wildman–Crippen LogP) is 1.48. The molecule has 4 amide bonds. The molecule has 7 nitrogen and oxygen atoms in total. The van der Waals surface area contributed by atoms with Gasteiger partial charge in [0.2, 0.25) is 5.91 Å². The van der Waals surface area contributed by atoms with E-state index in [-0.39, 0.29) is 25.5 Å². The van der Waals surface area contributed by atoms with Crippen molar-refractivity contribution in [1.82, 2.24) is 15.5 Å². The van der Waals surface area contributed by atoms with E-state index >= 15 is 0 Å². The zero-order valence-electron chi connectivity index (χ0n) is 14.2. The largest absolute Gasteiger partial charge is 0.353 e. The third-order valence-electron chi connectivity index (χ3n) is 4.02. The van der Waals surface area contributed by atoms with Crippen molar-refractivity contribution < 1.29 is 19.2 Å². The van der Waals surface area contributed by atoms with Gasteiger partial charge in [-0.2, -0.15) is 0 Å². The molecule has 0 fully saturated rings. The van der Waals surface area contributed by atoms with E-state index in [9.17, 15) is 19.2 Å². The molecule has 0 saturated heterocycles. The van der Waals surface area contributed by atoms with Crippen molar-refractivity contribution in [3.63, 3.8) is 0 Å². The van der Waals surface area contributed by atoms with Crippen LogP contribution in [0.5, 0.6) is 0 Å². The van der Waals surface area contributed by atoms with Gasteiger partial charge < -0.3 is 10.6 Å². The first kappa shape index (κ1) is 18.6. The van der Waals surface area contributed by atoms with Crippen molar-refractivity contribution in [2.45, 2.75) is 0 Å². The van der Waals surface area contributed by atoms with Crippen molar-refractivity contribution in [2.24, 2.45) is 0 Å². The van der Waals surface area contributed by atoms with Crippen LogP contribution in [0, 0.1) is 0 Å². The number of carbonyl (C=O) groups is 4. The van der Waals surface area contributed by atoms with Gasteiger partial charge in [-0.1, -0.05) is 23.7 Å². The molecule has 2 N–H and O–H groups in total. The van der Waals surface area contributed by atoms with Crippen LogP contribution in [0.25, 0.3) is 0 Å². The molecule has 0 aliphatic carbocycles. The molecule has 0 bridgehead atoms.